The Morgan fingerprint density at radius 2 is 2.08 bits per heavy atom. The second-order valence-electron chi connectivity index (χ2n) is 9.01. The molecule has 6 unspecified atom stereocenters. The van der Waals surface area contributed by atoms with Crippen LogP contribution in [0.25, 0.3) is 0 Å². The summed E-state index contributed by atoms with van der Waals surface area (Å²) >= 11 is 2.03. The van der Waals surface area contributed by atoms with Crippen molar-refractivity contribution in [3.05, 3.63) is 0 Å². The molecule has 5 fully saturated rings. The quantitative estimate of drug-likeness (QED) is 0.565. The highest BCUT2D eigenvalue weighted by atomic mass is 32.2. The molecule has 2 saturated carbocycles. The van der Waals surface area contributed by atoms with Gasteiger partial charge in [0.15, 0.2) is 0 Å². The molecular formula is C19H29NO3S. The molecule has 0 bridgehead atoms. The summed E-state index contributed by atoms with van der Waals surface area (Å²) in [6.07, 6.45) is 6.14. The van der Waals surface area contributed by atoms with Gasteiger partial charge >= 0.3 is 5.97 Å². The van der Waals surface area contributed by atoms with Crippen molar-refractivity contribution in [2.24, 2.45) is 23.2 Å². The monoisotopic (exact) mass is 351 g/mol. The van der Waals surface area contributed by atoms with Gasteiger partial charge in [0.2, 0.25) is 0 Å². The molecule has 0 radical (unpaired) electrons. The predicted molar refractivity (Wildman–Crippen MR) is 94.0 cm³/mol. The number of thioether (sulfide) groups is 1. The molecule has 0 aromatic carbocycles. The zero-order valence-corrected chi connectivity index (χ0v) is 15.5. The third kappa shape index (κ3) is 2.45. The van der Waals surface area contributed by atoms with Crippen molar-refractivity contribution in [1.82, 2.24) is 4.90 Å². The molecule has 0 amide bonds. The summed E-state index contributed by atoms with van der Waals surface area (Å²) in [4.78, 5) is 15.1. The number of carbonyl (C=O) groups is 1. The number of esters is 1. The van der Waals surface area contributed by atoms with Crippen LogP contribution in [-0.2, 0) is 14.3 Å². The van der Waals surface area contributed by atoms with Crippen LogP contribution < -0.4 is 0 Å². The highest BCUT2D eigenvalue weighted by Crippen LogP contribution is 2.62. The van der Waals surface area contributed by atoms with E-state index in [2.05, 4.69) is 11.8 Å². The zero-order valence-electron chi connectivity index (χ0n) is 14.7. The van der Waals surface area contributed by atoms with Gasteiger partial charge in [0, 0.05) is 37.1 Å². The van der Waals surface area contributed by atoms with Gasteiger partial charge in [-0.2, -0.15) is 11.8 Å². The summed E-state index contributed by atoms with van der Waals surface area (Å²) in [6, 6.07) is 0. The molecule has 24 heavy (non-hydrogen) atoms. The van der Waals surface area contributed by atoms with Crippen molar-refractivity contribution < 1.29 is 14.3 Å². The smallest absolute Gasteiger partial charge is 0.310 e. The lowest BCUT2D eigenvalue weighted by Crippen LogP contribution is -2.51. The van der Waals surface area contributed by atoms with Crippen LogP contribution in [0.1, 0.15) is 39.0 Å². The molecule has 134 valence electrons. The van der Waals surface area contributed by atoms with Crippen LogP contribution in [0.3, 0.4) is 0 Å². The molecule has 0 N–H and O–H groups in total. The topological polar surface area (TPSA) is 42.1 Å². The van der Waals surface area contributed by atoms with Gasteiger partial charge in [-0.05, 0) is 43.4 Å². The first kappa shape index (κ1) is 16.0. The molecule has 5 aliphatic rings. The summed E-state index contributed by atoms with van der Waals surface area (Å²) in [7, 11) is 0. The minimum atomic E-state index is 0.0799. The number of hydrogen-bond donors (Lipinski definition) is 0. The van der Waals surface area contributed by atoms with Gasteiger partial charge in [0.1, 0.15) is 6.10 Å². The van der Waals surface area contributed by atoms with Crippen molar-refractivity contribution >= 4 is 17.7 Å². The highest BCUT2D eigenvalue weighted by molar-refractivity contribution is 7.99. The molecular weight excluding hydrogens is 322 g/mol. The molecule has 0 aromatic heterocycles. The van der Waals surface area contributed by atoms with E-state index in [9.17, 15) is 4.79 Å². The fourth-order valence-electron chi connectivity index (χ4n) is 6.23. The maximum Gasteiger partial charge on any atom is 0.310 e. The van der Waals surface area contributed by atoms with Crippen molar-refractivity contribution in [1.29, 1.82) is 0 Å². The molecule has 3 aliphatic heterocycles. The van der Waals surface area contributed by atoms with Gasteiger partial charge in [0.25, 0.3) is 0 Å². The minimum Gasteiger partial charge on any atom is -0.462 e. The fraction of sp³-hybridized carbons (Fsp3) is 0.947. The van der Waals surface area contributed by atoms with E-state index in [0.717, 1.165) is 39.1 Å². The van der Waals surface area contributed by atoms with Crippen LogP contribution in [0.5, 0.6) is 0 Å². The summed E-state index contributed by atoms with van der Waals surface area (Å²) in [5.74, 6) is 3.64. The lowest BCUT2D eigenvalue weighted by atomic mass is 9.53. The SMILES string of the molecule is CC12CCCC3(CO3)C1CC1C(C2)OC(=O)C1CN1CCSCC1. The third-order valence-corrected chi connectivity index (χ3v) is 8.58. The molecule has 6 atom stereocenters. The lowest BCUT2D eigenvalue weighted by molar-refractivity contribution is -0.147. The van der Waals surface area contributed by atoms with E-state index in [-0.39, 0.29) is 23.6 Å². The van der Waals surface area contributed by atoms with Crippen LogP contribution in [-0.4, -0.2) is 60.3 Å². The van der Waals surface area contributed by atoms with Crippen LogP contribution in [0.15, 0.2) is 0 Å². The number of epoxide rings is 1. The van der Waals surface area contributed by atoms with E-state index < -0.39 is 0 Å². The second-order valence-corrected chi connectivity index (χ2v) is 10.2. The molecule has 1 spiro atoms. The summed E-state index contributed by atoms with van der Waals surface area (Å²) in [6.45, 7) is 6.55. The first-order chi connectivity index (χ1) is 11.6. The maximum absolute atomic E-state index is 12.6. The van der Waals surface area contributed by atoms with Crippen molar-refractivity contribution in [3.63, 3.8) is 0 Å². The lowest BCUT2D eigenvalue weighted by Gasteiger charge is -2.51. The van der Waals surface area contributed by atoms with Crippen molar-refractivity contribution in [3.8, 4) is 0 Å². The maximum atomic E-state index is 12.6. The number of carbonyl (C=O) groups excluding carboxylic acids is 1. The fourth-order valence-corrected chi connectivity index (χ4v) is 7.21. The third-order valence-electron chi connectivity index (χ3n) is 7.64. The molecule has 3 heterocycles. The van der Waals surface area contributed by atoms with E-state index in [1.54, 1.807) is 0 Å². The molecule has 4 nitrogen and oxygen atoms in total. The normalized spacial score (nSPS) is 51.1. The van der Waals surface area contributed by atoms with Gasteiger partial charge in [0.05, 0.1) is 18.1 Å². The molecule has 0 aromatic rings. The Balaban J connectivity index is 1.36. The molecule has 3 saturated heterocycles. The number of hydrogen-bond acceptors (Lipinski definition) is 5. The zero-order chi connectivity index (χ0) is 16.4. The van der Waals surface area contributed by atoms with Crippen LogP contribution in [0.4, 0.5) is 0 Å². The summed E-state index contributed by atoms with van der Waals surface area (Å²) in [5.41, 5.74) is 0.475. The van der Waals surface area contributed by atoms with Gasteiger partial charge in [-0.15, -0.1) is 0 Å². The Morgan fingerprint density at radius 3 is 2.83 bits per heavy atom. The summed E-state index contributed by atoms with van der Waals surface area (Å²) < 4.78 is 11.9. The predicted octanol–water partition coefficient (Wildman–Crippen LogP) is 2.56. The van der Waals surface area contributed by atoms with E-state index in [0.29, 0.717) is 17.3 Å². The Kier molecular flexibility index (Phi) is 3.73. The number of nitrogens with zero attached hydrogens (tertiary/aromatic N) is 1. The van der Waals surface area contributed by atoms with Crippen LogP contribution in [0, 0.1) is 23.2 Å². The molecule has 5 rings (SSSR count). The van der Waals surface area contributed by atoms with Gasteiger partial charge in [-0.1, -0.05) is 6.92 Å². The Bertz CT molecular complexity index is 531. The number of rotatable bonds is 2. The highest BCUT2D eigenvalue weighted by Gasteiger charge is 2.65. The van der Waals surface area contributed by atoms with Gasteiger partial charge in [-0.3, -0.25) is 4.79 Å². The van der Waals surface area contributed by atoms with Crippen molar-refractivity contribution in [2.75, 3.05) is 37.7 Å². The van der Waals surface area contributed by atoms with Gasteiger partial charge < -0.3 is 14.4 Å². The molecule has 5 heteroatoms. The van der Waals surface area contributed by atoms with E-state index in [4.69, 9.17) is 9.47 Å². The van der Waals surface area contributed by atoms with E-state index >= 15 is 0 Å². The van der Waals surface area contributed by atoms with E-state index in [1.807, 2.05) is 11.8 Å². The Labute approximate surface area is 149 Å². The molecule has 2 aliphatic carbocycles. The number of fused-ring (bicyclic) bond motifs is 3. The Morgan fingerprint density at radius 1 is 1.29 bits per heavy atom. The van der Waals surface area contributed by atoms with Crippen LogP contribution >= 0.6 is 11.8 Å². The standard InChI is InChI=1S/C19H29NO3S/c1-18-3-2-4-19(12-22-19)16(18)9-13-14(17(21)23-15(13)10-18)11-20-5-7-24-8-6-20/h13-16H,2-12H2,1H3. The van der Waals surface area contributed by atoms with Gasteiger partial charge in [-0.25, -0.2) is 0 Å². The first-order valence-corrected chi connectivity index (χ1v) is 10.9. The summed E-state index contributed by atoms with van der Waals surface area (Å²) in [5, 5.41) is 0. The largest absolute Gasteiger partial charge is 0.462 e. The van der Waals surface area contributed by atoms with Crippen LogP contribution in [0.2, 0.25) is 0 Å². The Hall–Kier alpha value is -0.260. The average molecular weight is 352 g/mol. The van der Waals surface area contributed by atoms with E-state index in [1.165, 1.54) is 30.8 Å². The second kappa shape index (κ2) is 5.62. The first-order valence-electron chi connectivity index (χ1n) is 9.74. The minimum absolute atomic E-state index is 0.0799. The average Bonchev–Trinajstić information content (AvgIpc) is 3.27. The van der Waals surface area contributed by atoms with Crippen molar-refractivity contribution in [2.45, 2.75) is 50.7 Å². The number of ether oxygens (including phenoxy) is 2.